The van der Waals surface area contributed by atoms with Crippen LogP contribution in [0.5, 0.6) is 0 Å². The predicted octanol–water partition coefficient (Wildman–Crippen LogP) is 3.78. The second-order valence-electron chi connectivity index (χ2n) is 6.37. The summed E-state index contributed by atoms with van der Waals surface area (Å²) >= 11 is 0. The number of ether oxygens (including phenoxy) is 1. The van der Waals surface area contributed by atoms with E-state index in [0.29, 0.717) is 12.1 Å². The second kappa shape index (κ2) is 6.96. The predicted molar refractivity (Wildman–Crippen MR) is 102 cm³/mol. The maximum Gasteiger partial charge on any atom is 0.339 e. The van der Waals surface area contributed by atoms with E-state index in [1.165, 1.54) is 0 Å². The molecule has 3 N–H and O–H groups in total. The van der Waals surface area contributed by atoms with Crippen molar-refractivity contribution in [2.45, 2.75) is 12.6 Å². The van der Waals surface area contributed by atoms with Crippen LogP contribution in [0.4, 0.5) is 4.79 Å². The Labute approximate surface area is 156 Å². The minimum atomic E-state index is -0.586. The number of amides is 2. The second-order valence-corrected chi connectivity index (χ2v) is 6.37. The number of carbonyl (C=O) groups is 2. The molecule has 5 nitrogen and oxygen atoms in total. The molecule has 1 aliphatic rings. The summed E-state index contributed by atoms with van der Waals surface area (Å²) in [5, 5.41) is 2.51. The fourth-order valence-electron chi connectivity index (χ4n) is 3.36. The molecule has 0 radical (unpaired) electrons. The van der Waals surface area contributed by atoms with Crippen molar-refractivity contribution in [1.29, 1.82) is 0 Å². The Morgan fingerprint density at radius 3 is 1.96 bits per heavy atom. The van der Waals surface area contributed by atoms with Crippen LogP contribution in [0.2, 0.25) is 0 Å². The monoisotopic (exact) mass is 358 g/mol. The number of fused-ring (bicyclic) bond motifs is 3. The highest BCUT2D eigenvalue weighted by Crippen LogP contribution is 2.45. The number of urea groups is 1. The summed E-state index contributed by atoms with van der Waals surface area (Å²) in [6.45, 7) is 0.314. The molecule has 4 rings (SSSR count). The Balaban J connectivity index is 1.55. The molecule has 3 aromatic carbocycles. The molecular weight excluding hydrogens is 340 g/mol. The molecule has 0 fully saturated rings. The zero-order valence-corrected chi connectivity index (χ0v) is 14.5. The number of hydrogen-bond acceptors (Lipinski definition) is 3. The van der Waals surface area contributed by atoms with Gasteiger partial charge in [-0.2, -0.15) is 0 Å². The lowest BCUT2D eigenvalue weighted by molar-refractivity contribution is 0.0385. The van der Waals surface area contributed by atoms with Gasteiger partial charge in [0.1, 0.15) is 0 Å². The fraction of sp³-hybridized carbons (Fsp3) is 0.0909. The minimum absolute atomic E-state index is 0.314. The Hall–Kier alpha value is -3.60. The van der Waals surface area contributed by atoms with Crippen molar-refractivity contribution in [3.63, 3.8) is 0 Å². The van der Waals surface area contributed by atoms with Crippen LogP contribution in [-0.2, 0) is 11.3 Å². The van der Waals surface area contributed by atoms with Crippen LogP contribution in [0.15, 0.2) is 72.8 Å². The van der Waals surface area contributed by atoms with Gasteiger partial charge in [-0.15, -0.1) is 0 Å². The Morgan fingerprint density at radius 1 is 0.852 bits per heavy atom. The van der Waals surface area contributed by atoms with Gasteiger partial charge in [-0.3, -0.25) is 0 Å². The zero-order chi connectivity index (χ0) is 18.8. The molecule has 0 saturated carbocycles. The number of primary amides is 1. The molecule has 0 atom stereocenters. The van der Waals surface area contributed by atoms with Crippen molar-refractivity contribution in [3.05, 3.63) is 95.1 Å². The van der Waals surface area contributed by atoms with E-state index in [1.807, 2.05) is 48.5 Å². The van der Waals surface area contributed by atoms with Crippen LogP contribution >= 0.6 is 0 Å². The number of esters is 1. The molecule has 0 bridgehead atoms. The van der Waals surface area contributed by atoms with E-state index in [1.54, 1.807) is 24.3 Å². The summed E-state index contributed by atoms with van der Waals surface area (Å²) in [6, 6.07) is 22.3. The molecular formula is C22H18N2O3. The van der Waals surface area contributed by atoms with Gasteiger partial charge in [0.25, 0.3) is 0 Å². The first-order valence-corrected chi connectivity index (χ1v) is 8.65. The Morgan fingerprint density at radius 2 is 1.41 bits per heavy atom. The standard InChI is InChI=1S/C22H18N2O3/c23-22(26)24-13-14-9-11-15(12-10-14)21(25)27-20-18-7-3-1-5-16(18)17-6-2-4-8-19(17)20/h1-12,20H,13H2,(H3,23,24,26). The van der Waals surface area contributed by atoms with E-state index in [-0.39, 0.29) is 5.97 Å². The number of carbonyl (C=O) groups excluding carboxylic acids is 2. The van der Waals surface area contributed by atoms with E-state index < -0.39 is 12.1 Å². The van der Waals surface area contributed by atoms with Crippen molar-refractivity contribution in [3.8, 4) is 11.1 Å². The number of nitrogens with two attached hydrogens (primary N) is 1. The van der Waals surface area contributed by atoms with Gasteiger partial charge in [0.2, 0.25) is 0 Å². The highest BCUT2D eigenvalue weighted by atomic mass is 16.5. The van der Waals surface area contributed by atoms with Crippen LogP contribution < -0.4 is 11.1 Å². The first-order chi connectivity index (χ1) is 13.1. The maximum absolute atomic E-state index is 12.7. The van der Waals surface area contributed by atoms with E-state index in [4.69, 9.17) is 10.5 Å². The summed E-state index contributed by atoms with van der Waals surface area (Å²) in [5.41, 5.74) is 10.6. The summed E-state index contributed by atoms with van der Waals surface area (Å²) < 4.78 is 5.86. The normalized spacial score (nSPS) is 12.1. The molecule has 0 saturated heterocycles. The van der Waals surface area contributed by atoms with Gasteiger partial charge in [0.05, 0.1) is 5.56 Å². The maximum atomic E-state index is 12.7. The molecule has 1 aliphatic carbocycles. The summed E-state index contributed by atoms with van der Waals surface area (Å²) in [5.74, 6) is -0.388. The van der Waals surface area contributed by atoms with Crippen LogP contribution in [0.1, 0.15) is 33.2 Å². The fourth-order valence-corrected chi connectivity index (χ4v) is 3.36. The molecule has 3 aromatic rings. The smallest absolute Gasteiger partial charge is 0.339 e. The van der Waals surface area contributed by atoms with Crippen molar-refractivity contribution in [1.82, 2.24) is 5.32 Å². The van der Waals surface area contributed by atoms with Crippen LogP contribution in [0.3, 0.4) is 0 Å². The van der Waals surface area contributed by atoms with Crippen molar-refractivity contribution in [2.75, 3.05) is 0 Å². The van der Waals surface area contributed by atoms with Crippen molar-refractivity contribution in [2.24, 2.45) is 5.73 Å². The van der Waals surface area contributed by atoms with E-state index in [9.17, 15) is 9.59 Å². The van der Waals surface area contributed by atoms with Gasteiger partial charge in [0, 0.05) is 17.7 Å². The zero-order valence-electron chi connectivity index (χ0n) is 14.5. The van der Waals surface area contributed by atoms with Gasteiger partial charge >= 0.3 is 12.0 Å². The lowest BCUT2D eigenvalue weighted by atomic mass is 10.1. The molecule has 2 amide bonds. The largest absolute Gasteiger partial charge is 0.449 e. The van der Waals surface area contributed by atoms with Gasteiger partial charge in [0.15, 0.2) is 6.10 Å². The molecule has 134 valence electrons. The third-order valence-corrected chi connectivity index (χ3v) is 4.66. The number of benzene rings is 3. The average molecular weight is 358 g/mol. The first kappa shape index (κ1) is 16.8. The first-order valence-electron chi connectivity index (χ1n) is 8.65. The lowest BCUT2D eigenvalue weighted by Gasteiger charge is -2.15. The summed E-state index contributed by atoms with van der Waals surface area (Å²) in [7, 11) is 0. The Kier molecular flexibility index (Phi) is 4.34. The number of hydrogen-bond donors (Lipinski definition) is 2. The molecule has 0 unspecified atom stereocenters. The van der Waals surface area contributed by atoms with Gasteiger partial charge < -0.3 is 15.8 Å². The third-order valence-electron chi connectivity index (χ3n) is 4.66. The third kappa shape index (κ3) is 3.27. The van der Waals surface area contributed by atoms with Gasteiger partial charge in [-0.05, 0) is 28.8 Å². The van der Waals surface area contributed by atoms with Crippen LogP contribution in [0.25, 0.3) is 11.1 Å². The molecule has 0 spiro atoms. The summed E-state index contributed by atoms with van der Waals surface area (Å²) in [4.78, 5) is 23.5. The number of rotatable bonds is 4. The molecule has 0 aromatic heterocycles. The quantitative estimate of drug-likeness (QED) is 0.696. The van der Waals surface area contributed by atoms with Crippen molar-refractivity contribution < 1.29 is 14.3 Å². The SMILES string of the molecule is NC(=O)NCc1ccc(C(=O)OC2c3ccccc3-c3ccccc32)cc1. The molecule has 0 heterocycles. The highest BCUT2D eigenvalue weighted by molar-refractivity contribution is 5.90. The van der Waals surface area contributed by atoms with Gasteiger partial charge in [-0.1, -0.05) is 60.7 Å². The summed E-state index contributed by atoms with van der Waals surface area (Å²) in [6.07, 6.45) is -0.416. The minimum Gasteiger partial charge on any atom is -0.449 e. The Bertz CT molecular complexity index is 967. The van der Waals surface area contributed by atoms with Crippen LogP contribution in [-0.4, -0.2) is 12.0 Å². The number of nitrogens with one attached hydrogen (secondary N) is 1. The average Bonchev–Trinajstić information content (AvgIpc) is 3.01. The molecule has 5 heteroatoms. The van der Waals surface area contributed by atoms with E-state index in [2.05, 4.69) is 5.32 Å². The highest BCUT2D eigenvalue weighted by Gasteiger charge is 2.31. The van der Waals surface area contributed by atoms with Gasteiger partial charge in [-0.25, -0.2) is 9.59 Å². The molecule has 0 aliphatic heterocycles. The molecule has 27 heavy (non-hydrogen) atoms. The van der Waals surface area contributed by atoms with E-state index in [0.717, 1.165) is 27.8 Å². The van der Waals surface area contributed by atoms with Crippen LogP contribution in [0, 0.1) is 0 Å². The van der Waals surface area contributed by atoms with E-state index >= 15 is 0 Å². The topological polar surface area (TPSA) is 81.4 Å². The van der Waals surface area contributed by atoms with Crippen molar-refractivity contribution >= 4 is 12.0 Å². The lowest BCUT2D eigenvalue weighted by Crippen LogP contribution is -2.28.